The van der Waals surface area contributed by atoms with Crippen LogP contribution in [0.4, 0.5) is 0 Å². The third kappa shape index (κ3) is 7.18. The van der Waals surface area contributed by atoms with Gasteiger partial charge in [0, 0.05) is 44.9 Å². The molecule has 1 aromatic heterocycles. The molecule has 3 heterocycles. The Morgan fingerprint density at radius 1 is 1.00 bits per heavy atom. The Hall–Kier alpha value is -2.88. The first-order valence-electron chi connectivity index (χ1n) is 15.2. The fourth-order valence-electron chi connectivity index (χ4n) is 6.61. The van der Waals surface area contributed by atoms with Gasteiger partial charge in [0.1, 0.15) is 23.1 Å². The van der Waals surface area contributed by atoms with Gasteiger partial charge in [0.2, 0.25) is 17.7 Å². The topological polar surface area (TPSA) is 104 Å². The molecule has 2 saturated heterocycles. The highest BCUT2D eigenvalue weighted by Crippen LogP contribution is 2.37. The molecule has 1 saturated carbocycles. The number of aromatic nitrogens is 1. The molecule has 0 radical (unpaired) electrons. The van der Waals surface area contributed by atoms with Crippen molar-refractivity contribution in [3.05, 3.63) is 48.2 Å². The highest BCUT2D eigenvalue weighted by molar-refractivity contribution is 6.00. The third-order valence-electron chi connectivity index (χ3n) is 9.08. The molecule has 42 heavy (non-hydrogen) atoms. The van der Waals surface area contributed by atoms with Crippen LogP contribution in [-0.2, 0) is 16.1 Å². The van der Waals surface area contributed by atoms with E-state index in [0.717, 1.165) is 43.4 Å². The minimum absolute atomic E-state index is 0. The second kappa shape index (κ2) is 14.1. The average Bonchev–Trinajstić information content (AvgIpc) is 2.98. The number of ether oxygens (including phenoxy) is 2. The number of rotatable bonds is 10. The highest BCUT2D eigenvalue weighted by Gasteiger charge is 2.54. The Bertz CT molecular complexity index is 1180. The molecule has 2 aromatic rings. The number of aliphatic hydroxyl groups is 1. The number of amides is 2. The van der Waals surface area contributed by atoms with E-state index >= 15 is 0 Å². The fraction of sp³-hybridized carbons (Fsp3) is 0.594. The average molecular weight is 601 g/mol. The zero-order valence-electron chi connectivity index (χ0n) is 24.8. The minimum Gasteiger partial charge on any atom is -0.497 e. The van der Waals surface area contributed by atoms with Crippen molar-refractivity contribution in [2.45, 2.75) is 94.9 Å². The monoisotopic (exact) mass is 600 g/mol. The van der Waals surface area contributed by atoms with Gasteiger partial charge in [0.15, 0.2) is 0 Å². The summed E-state index contributed by atoms with van der Waals surface area (Å²) in [6.07, 6.45) is 9.60. The van der Waals surface area contributed by atoms with E-state index in [9.17, 15) is 14.7 Å². The van der Waals surface area contributed by atoms with E-state index in [2.05, 4.69) is 22.1 Å². The number of carbonyl (C=O) groups is 2. The highest BCUT2D eigenvalue weighted by atomic mass is 35.5. The summed E-state index contributed by atoms with van der Waals surface area (Å²) in [6.45, 7) is 4.82. The lowest BCUT2D eigenvalue weighted by atomic mass is 9.77. The number of methoxy groups -OCH3 is 1. The summed E-state index contributed by atoms with van der Waals surface area (Å²) >= 11 is 0. The van der Waals surface area contributed by atoms with Crippen LogP contribution in [0.3, 0.4) is 0 Å². The molecule has 3 aliphatic rings. The molecule has 3 fully saturated rings. The first-order chi connectivity index (χ1) is 19.8. The number of pyridine rings is 1. The number of nitrogens with one attached hydrogen (secondary N) is 1. The predicted octanol–water partition coefficient (Wildman–Crippen LogP) is 4.85. The van der Waals surface area contributed by atoms with Gasteiger partial charge >= 0.3 is 0 Å². The Balaban J connectivity index is 0.00000405. The first-order valence-corrected chi connectivity index (χ1v) is 15.2. The van der Waals surface area contributed by atoms with Gasteiger partial charge in [-0.15, -0.1) is 12.4 Å². The summed E-state index contributed by atoms with van der Waals surface area (Å²) in [5, 5.41) is 14.2. The van der Waals surface area contributed by atoms with Crippen molar-refractivity contribution in [3.8, 4) is 17.4 Å². The van der Waals surface area contributed by atoms with Gasteiger partial charge in [0.05, 0.1) is 12.7 Å². The Morgan fingerprint density at radius 2 is 1.69 bits per heavy atom. The molecule has 1 aliphatic carbocycles. The maximum Gasteiger partial charge on any atom is 0.246 e. The molecular weight excluding hydrogens is 556 g/mol. The number of piperidine rings is 1. The molecular formula is C32H45ClN4O5. The van der Waals surface area contributed by atoms with Gasteiger partial charge in [0.25, 0.3) is 0 Å². The summed E-state index contributed by atoms with van der Waals surface area (Å²) in [5.41, 5.74) is -0.613. The number of nitrogens with zero attached hydrogens (tertiary/aromatic N) is 3. The molecule has 5 rings (SSSR count). The third-order valence-corrected chi connectivity index (χ3v) is 9.08. The predicted molar refractivity (Wildman–Crippen MR) is 163 cm³/mol. The van der Waals surface area contributed by atoms with Gasteiger partial charge in [-0.1, -0.05) is 38.7 Å². The van der Waals surface area contributed by atoms with Crippen LogP contribution in [0.2, 0.25) is 0 Å². The largest absolute Gasteiger partial charge is 0.497 e. The van der Waals surface area contributed by atoms with E-state index in [4.69, 9.17) is 9.47 Å². The minimum atomic E-state index is -0.862. The van der Waals surface area contributed by atoms with E-state index in [1.54, 1.807) is 7.11 Å². The van der Waals surface area contributed by atoms with Crippen molar-refractivity contribution < 1.29 is 24.2 Å². The molecule has 1 aromatic carbocycles. The number of likely N-dealkylation sites (tertiary alicyclic amines) is 1. The Labute approximate surface area is 255 Å². The maximum absolute atomic E-state index is 13.8. The van der Waals surface area contributed by atoms with Crippen molar-refractivity contribution in [3.63, 3.8) is 0 Å². The van der Waals surface area contributed by atoms with Crippen molar-refractivity contribution in [1.29, 1.82) is 0 Å². The Kier molecular flexibility index (Phi) is 10.7. The number of benzene rings is 1. The number of hydrogen-bond donors (Lipinski definition) is 2. The second-order valence-corrected chi connectivity index (χ2v) is 11.9. The standard InChI is InChI=1S/C32H44N4O5.ClH/c1-3-4-18-36-29(37)27(21-31(39)14-6-5-7-15-31)34-30(38)32(36)16-19-35(20-17-32)23-24-8-13-28(33-22-24)41-26-11-9-25(40-2)10-12-26;/h8-13,22,27,39H,3-7,14-21,23H2,1-2H3,(H,34,38);1H/t27-;/m1./s1. The fourth-order valence-corrected chi connectivity index (χ4v) is 6.61. The first kappa shape index (κ1) is 32.0. The molecule has 2 aliphatic heterocycles. The summed E-state index contributed by atoms with van der Waals surface area (Å²) in [7, 11) is 1.63. The SMILES string of the molecule is CCCCN1C(=O)[C@@H](CC2(O)CCCCC2)NC(=O)C12CCN(Cc1ccc(Oc3ccc(OC)cc3)nc1)CC2.Cl. The van der Waals surface area contributed by atoms with Crippen LogP contribution in [0.15, 0.2) is 42.6 Å². The normalized spacial score (nSPS) is 21.9. The van der Waals surface area contributed by atoms with Crippen molar-refractivity contribution >= 4 is 24.2 Å². The van der Waals surface area contributed by atoms with E-state index in [-0.39, 0.29) is 24.2 Å². The van der Waals surface area contributed by atoms with Crippen LogP contribution < -0.4 is 14.8 Å². The smallest absolute Gasteiger partial charge is 0.246 e. The molecule has 230 valence electrons. The molecule has 0 unspecified atom stereocenters. The zero-order valence-corrected chi connectivity index (χ0v) is 25.7. The van der Waals surface area contributed by atoms with Gasteiger partial charge < -0.3 is 24.8 Å². The molecule has 2 N–H and O–H groups in total. The number of unbranched alkanes of at least 4 members (excludes halogenated alkanes) is 1. The number of halogens is 1. The molecule has 2 amide bonds. The lowest BCUT2D eigenvalue weighted by Crippen LogP contribution is -2.73. The van der Waals surface area contributed by atoms with Gasteiger partial charge in [-0.25, -0.2) is 4.98 Å². The van der Waals surface area contributed by atoms with Crippen molar-refractivity contribution in [1.82, 2.24) is 20.1 Å². The van der Waals surface area contributed by atoms with E-state index in [1.165, 1.54) is 0 Å². The van der Waals surface area contributed by atoms with Gasteiger partial charge in [-0.05, 0) is 61.9 Å². The molecule has 0 bridgehead atoms. The van der Waals surface area contributed by atoms with Gasteiger partial charge in [-0.3, -0.25) is 14.5 Å². The summed E-state index contributed by atoms with van der Waals surface area (Å²) in [5.74, 6) is 1.90. The van der Waals surface area contributed by atoms with Crippen LogP contribution in [0.5, 0.6) is 17.4 Å². The molecule has 10 heteroatoms. The van der Waals surface area contributed by atoms with Crippen LogP contribution in [-0.4, -0.2) is 75.6 Å². The van der Waals surface area contributed by atoms with Gasteiger partial charge in [-0.2, -0.15) is 0 Å². The lowest BCUT2D eigenvalue weighted by molar-refractivity contribution is -0.163. The number of carbonyl (C=O) groups excluding carboxylic acids is 2. The molecule has 1 spiro atoms. The maximum atomic E-state index is 13.8. The number of piperazine rings is 1. The van der Waals surface area contributed by atoms with E-state index in [1.807, 2.05) is 47.5 Å². The quantitative estimate of drug-likeness (QED) is 0.402. The molecule has 9 nitrogen and oxygen atoms in total. The zero-order chi connectivity index (χ0) is 28.9. The number of hydrogen-bond acceptors (Lipinski definition) is 7. The second-order valence-electron chi connectivity index (χ2n) is 11.9. The van der Waals surface area contributed by atoms with Crippen LogP contribution in [0.25, 0.3) is 0 Å². The van der Waals surface area contributed by atoms with E-state index < -0.39 is 17.2 Å². The van der Waals surface area contributed by atoms with Crippen molar-refractivity contribution in [2.75, 3.05) is 26.7 Å². The van der Waals surface area contributed by atoms with Crippen LogP contribution in [0.1, 0.15) is 76.7 Å². The van der Waals surface area contributed by atoms with E-state index in [0.29, 0.717) is 69.9 Å². The van der Waals surface area contributed by atoms with Crippen molar-refractivity contribution in [2.24, 2.45) is 0 Å². The summed E-state index contributed by atoms with van der Waals surface area (Å²) in [6, 6.07) is 10.6. The van der Waals surface area contributed by atoms with Crippen LogP contribution in [0, 0.1) is 0 Å². The van der Waals surface area contributed by atoms with Crippen LogP contribution >= 0.6 is 12.4 Å². The lowest BCUT2D eigenvalue weighted by Gasteiger charge is -2.52. The summed E-state index contributed by atoms with van der Waals surface area (Å²) < 4.78 is 11.0. The Morgan fingerprint density at radius 3 is 2.31 bits per heavy atom. The summed E-state index contributed by atoms with van der Waals surface area (Å²) in [4.78, 5) is 36.2. The molecule has 1 atom stereocenters.